The van der Waals surface area contributed by atoms with Crippen LogP contribution in [0.1, 0.15) is 27.0 Å². The van der Waals surface area contributed by atoms with E-state index in [0.29, 0.717) is 11.1 Å². The predicted octanol–water partition coefficient (Wildman–Crippen LogP) is 4.47. The molecule has 0 aliphatic rings. The lowest BCUT2D eigenvalue weighted by Crippen LogP contribution is -2.13. The Morgan fingerprint density at radius 3 is 1.95 bits per heavy atom. The fourth-order valence-corrected chi connectivity index (χ4v) is 1.91. The molecule has 0 bridgehead atoms. The molecule has 0 radical (unpaired) electrons. The first-order valence-electron chi connectivity index (χ1n) is 6.80. The Bertz CT molecular complexity index is 677. The van der Waals surface area contributed by atoms with Crippen LogP contribution in [0.4, 0.5) is 8.63 Å². The number of allylic oxidation sites excluding steroid dienone is 1. The third-order valence-electron chi connectivity index (χ3n) is 3.13. The molecule has 0 aliphatic carbocycles. The van der Waals surface area contributed by atoms with Gasteiger partial charge < -0.3 is 4.65 Å². The number of hydrogen-bond acceptors (Lipinski definition) is 2. The number of Topliss-reactive ketones (excluding diaryl/α,β-unsaturated/α-hetero) is 1. The van der Waals surface area contributed by atoms with Crippen molar-refractivity contribution in [2.45, 2.75) is 13.8 Å². The van der Waals surface area contributed by atoms with E-state index in [1.807, 2.05) is 26.0 Å². The minimum absolute atomic E-state index is 0.310. The van der Waals surface area contributed by atoms with Crippen LogP contribution in [0.2, 0.25) is 0 Å². The lowest BCUT2D eigenvalue weighted by atomic mass is 10.0. The van der Waals surface area contributed by atoms with Gasteiger partial charge in [0, 0.05) is 5.56 Å². The molecule has 2 rings (SSSR count). The minimum Gasteiger partial charge on any atom is -0.502 e. The normalized spacial score (nSPS) is 11.2. The Morgan fingerprint density at radius 1 is 0.955 bits per heavy atom. The number of carbonyl (C=O) groups is 1. The summed E-state index contributed by atoms with van der Waals surface area (Å²) in [5.74, 6) is -0.941. The second-order valence-corrected chi connectivity index (χ2v) is 4.99. The quantitative estimate of drug-likeness (QED) is 0.352. The Morgan fingerprint density at radius 2 is 1.45 bits per heavy atom. The summed E-state index contributed by atoms with van der Waals surface area (Å²) >= 11 is 0. The molecule has 0 atom stereocenters. The van der Waals surface area contributed by atoms with Crippen LogP contribution in [0.25, 0.3) is 6.08 Å². The zero-order chi connectivity index (χ0) is 16.1. The van der Waals surface area contributed by atoms with Crippen molar-refractivity contribution in [2.24, 2.45) is 0 Å². The molecule has 22 heavy (non-hydrogen) atoms. The van der Waals surface area contributed by atoms with E-state index in [1.54, 1.807) is 36.4 Å². The topological polar surface area (TPSA) is 26.3 Å². The highest BCUT2D eigenvalue weighted by molar-refractivity contribution is 6.36. The molecule has 0 saturated heterocycles. The van der Waals surface area contributed by atoms with Gasteiger partial charge in [0.15, 0.2) is 5.76 Å². The van der Waals surface area contributed by atoms with Crippen LogP contribution in [0, 0.1) is 13.8 Å². The van der Waals surface area contributed by atoms with Gasteiger partial charge in [0.05, 0.1) is 0 Å². The van der Waals surface area contributed by atoms with Crippen LogP contribution in [-0.2, 0) is 4.65 Å². The van der Waals surface area contributed by atoms with E-state index in [4.69, 9.17) is 0 Å². The molecule has 112 valence electrons. The summed E-state index contributed by atoms with van der Waals surface area (Å²) in [4.78, 5) is 12.3. The van der Waals surface area contributed by atoms with E-state index < -0.39 is 13.3 Å². The Balaban J connectivity index is 2.34. The highest BCUT2D eigenvalue weighted by Crippen LogP contribution is 2.17. The maximum atomic E-state index is 12.6. The summed E-state index contributed by atoms with van der Waals surface area (Å²) < 4.78 is 29.6. The van der Waals surface area contributed by atoms with E-state index in [9.17, 15) is 13.4 Å². The summed E-state index contributed by atoms with van der Waals surface area (Å²) in [5, 5.41) is 0. The van der Waals surface area contributed by atoms with Gasteiger partial charge in [-0.3, -0.25) is 4.79 Å². The van der Waals surface area contributed by atoms with Crippen molar-refractivity contribution < 1.29 is 18.1 Å². The first-order chi connectivity index (χ1) is 10.5. The van der Waals surface area contributed by atoms with Gasteiger partial charge in [-0.25, -0.2) is 8.63 Å². The molecule has 0 saturated carbocycles. The van der Waals surface area contributed by atoms with Crippen LogP contribution in [-0.4, -0.2) is 13.3 Å². The summed E-state index contributed by atoms with van der Waals surface area (Å²) in [6.45, 7) is 3.80. The van der Waals surface area contributed by atoms with Crippen LogP contribution in [0.15, 0.2) is 54.3 Å². The number of rotatable bonds is 5. The molecule has 0 N–H and O–H groups in total. The lowest BCUT2D eigenvalue weighted by molar-refractivity contribution is 0.0978. The lowest BCUT2D eigenvalue weighted by Gasteiger charge is -2.08. The minimum atomic E-state index is -3.05. The standard InChI is InChI=1S/C17H15BF2O2/c1-12-3-7-14(8-4-12)11-16(22-18(19)20)17(21)15-9-5-13(2)6-10-15/h3-11H,1-2H3/b16-11+. The number of ketones is 1. The third kappa shape index (κ3) is 4.28. The molecule has 5 heteroatoms. The first kappa shape index (κ1) is 16.0. The maximum Gasteiger partial charge on any atom is 0.796 e. The molecule has 2 aromatic carbocycles. The summed E-state index contributed by atoms with van der Waals surface area (Å²) in [6.07, 6.45) is 1.33. The first-order valence-corrected chi connectivity index (χ1v) is 6.80. The van der Waals surface area contributed by atoms with Crippen LogP contribution >= 0.6 is 0 Å². The van der Waals surface area contributed by atoms with Crippen molar-refractivity contribution in [1.29, 1.82) is 0 Å². The largest absolute Gasteiger partial charge is 0.796 e. The van der Waals surface area contributed by atoms with Crippen molar-refractivity contribution in [3.8, 4) is 0 Å². The smallest absolute Gasteiger partial charge is 0.502 e. The fourth-order valence-electron chi connectivity index (χ4n) is 1.91. The predicted molar refractivity (Wildman–Crippen MR) is 83.7 cm³/mol. The molecule has 0 amide bonds. The Labute approximate surface area is 128 Å². The molecular weight excluding hydrogens is 285 g/mol. The van der Waals surface area contributed by atoms with Gasteiger partial charge in [-0.05, 0) is 25.5 Å². The maximum absolute atomic E-state index is 12.6. The molecule has 2 nitrogen and oxygen atoms in total. The number of aryl methyl sites for hydroxylation is 2. The second-order valence-electron chi connectivity index (χ2n) is 4.99. The fraction of sp³-hybridized carbons (Fsp3) is 0.118. The molecule has 0 heterocycles. The van der Waals surface area contributed by atoms with E-state index in [2.05, 4.69) is 4.65 Å². The molecule has 0 fully saturated rings. The number of carbonyl (C=O) groups excluding carboxylic acids is 1. The molecule has 0 spiro atoms. The van der Waals surface area contributed by atoms with Crippen molar-refractivity contribution >= 4 is 19.3 Å². The van der Waals surface area contributed by atoms with Gasteiger partial charge >= 0.3 is 7.47 Å². The van der Waals surface area contributed by atoms with E-state index in [-0.39, 0.29) is 5.76 Å². The monoisotopic (exact) mass is 300 g/mol. The van der Waals surface area contributed by atoms with Crippen LogP contribution in [0.5, 0.6) is 0 Å². The van der Waals surface area contributed by atoms with Crippen LogP contribution in [0.3, 0.4) is 0 Å². The number of halogens is 2. The molecule has 2 aromatic rings. The van der Waals surface area contributed by atoms with E-state index in [1.165, 1.54) is 6.08 Å². The van der Waals surface area contributed by atoms with Crippen molar-refractivity contribution in [3.05, 3.63) is 76.5 Å². The van der Waals surface area contributed by atoms with Crippen molar-refractivity contribution in [3.63, 3.8) is 0 Å². The average molecular weight is 300 g/mol. The second kappa shape index (κ2) is 7.03. The zero-order valence-electron chi connectivity index (χ0n) is 12.3. The summed E-state index contributed by atoms with van der Waals surface area (Å²) in [5.41, 5.74) is 2.96. The molecular formula is C17H15BF2O2. The van der Waals surface area contributed by atoms with Gasteiger partial charge in [0.1, 0.15) is 0 Å². The van der Waals surface area contributed by atoms with Crippen molar-refractivity contribution in [1.82, 2.24) is 0 Å². The zero-order valence-corrected chi connectivity index (χ0v) is 12.3. The summed E-state index contributed by atoms with van der Waals surface area (Å²) in [6, 6.07) is 13.8. The van der Waals surface area contributed by atoms with Gasteiger partial charge in [0.2, 0.25) is 5.78 Å². The molecule has 0 aromatic heterocycles. The molecule has 0 aliphatic heterocycles. The van der Waals surface area contributed by atoms with Crippen LogP contribution < -0.4 is 0 Å². The molecule has 0 unspecified atom stereocenters. The third-order valence-corrected chi connectivity index (χ3v) is 3.13. The average Bonchev–Trinajstić information content (AvgIpc) is 2.48. The Kier molecular flexibility index (Phi) is 5.10. The van der Waals surface area contributed by atoms with Gasteiger partial charge in [-0.2, -0.15) is 0 Å². The van der Waals surface area contributed by atoms with E-state index >= 15 is 0 Å². The van der Waals surface area contributed by atoms with Gasteiger partial charge in [-0.15, -0.1) is 0 Å². The van der Waals surface area contributed by atoms with E-state index in [0.717, 1.165) is 11.1 Å². The number of benzene rings is 2. The van der Waals surface area contributed by atoms with Crippen molar-refractivity contribution in [2.75, 3.05) is 0 Å². The highest BCUT2D eigenvalue weighted by Gasteiger charge is 2.24. The van der Waals surface area contributed by atoms with Gasteiger partial charge in [0.25, 0.3) is 0 Å². The SMILES string of the molecule is Cc1ccc(/C=C(/OB(F)F)C(=O)c2ccc(C)cc2)cc1. The Hall–Kier alpha value is -2.43. The highest BCUT2D eigenvalue weighted by atomic mass is 19.2. The number of hydrogen-bond donors (Lipinski definition) is 0. The summed E-state index contributed by atoms with van der Waals surface area (Å²) in [7, 11) is -3.05. The van der Waals surface area contributed by atoms with Gasteiger partial charge in [-0.1, -0.05) is 59.7 Å².